The van der Waals surface area contributed by atoms with Crippen LogP contribution in [0.3, 0.4) is 0 Å². The van der Waals surface area contributed by atoms with Gasteiger partial charge in [-0.1, -0.05) is 60.7 Å². The number of para-hydroxylation sites is 2. The molecule has 0 aromatic heterocycles. The lowest BCUT2D eigenvalue weighted by molar-refractivity contribution is -0.0182. The zero-order chi connectivity index (χ0) is 27.1. The second-order valence-corrected chi connectivity index (χ2v) is 11.6. The van der Waals surface area contributed by atoms with Crippen molar-refractivity contribution >= 4 is 22.7 Å². The van der Waals surface area contributed by atoms with Crippen LogP contribution in [0.1, 0.15) is 46.4 Å². The maximum absolute atomic E-state index is 7.05. The Kier molecular flexibility index (Phi) is 4.80. The highest BCUT2D eigenvalue weighted by molar-refractivity contribution is 5.76. The van der Waals surface area contributed by atoms with Gasteiger partial charge in [-0.25, -0.2) is 0 Å². The first-order valence-electron chi connectivity index (χ1n) is 14.7. The molecular formula is C37H30N2O2. The van der Waals surface area contributed by atoms with Crippen molar-refractivity contribution in [1.82, 2.24) is 0 Å². The molecule has 4 aliphatic heterocycles. The Morgan fingerprint density at radius 3 is 1.76 bits per heavy atom. The Labute approximate surface area is 240 Å². The van der Waals surface area contributed by atoms with Crippen LogP contribution in [-0.2, 0) is 23.2 Å². The summed E-state index contributed by atoms with van der Waals surface area (Å²) in [5.41, 5.74) is 11.5. The van der Waals surface area contributed by atoms with E-state index in [9.17, 15) is 0 Å². The molecule has 0 aliphatic carbocycles. The Hall–Kier alpha value is -4.54. The normalized spacial score (nSPS) is 18.9. The van der Waals surface area contributed by atoms with Gasteiger partial charge in [0.05, 0.1) is 6.10 Å². The number of anilines is 4. The number of nitrogens with zero attached hydrogens (tertiary/aromatic N) is 2. The number of hydrogen-bond acceptors (Lipinski definition) is 4. The van der Waals surface area contributed by atoms with E-state index in [0.717, 1.165) is 59.9 Å². The summed E-state index contributed by atoms with van der Waals surface area (Å²) < 4.78 is 13.9. The third-order valence-corrected chi connectivity index (χ3v) is 9.44. The van der Waals surface area contributed by atoms with Crippen molar-refractivity contribution in [3.63, 3.8) is 0 Å². The number of ether oxygens (including phenoxy) is 2. The Morgan fingerprint density at radius 2 is 1.15 bits per heavy atom. The highest BCUT2D eigenvalue weighted by Crippen LogP contribution is 2.60. The molecule has 0 radical (unpaired) electrons. The van der Waals surface area contributed by atoms with Crippen LogP contribution in [0.4, 0.5) is 22.7 Å². The number of hydrogen-bond donors (Lipinski definition) is 0. The molecule has 0 amide bonds. The van der Waals surface area contributed by atoms with Gasteiger partial charge >= 0.3 is 0 Å². The predicted octanol–water partition coefficient (Wildman–Crippen LogP) is 8.56. The first-order chi connectivity index (χ1) is 20.2. The quantitative estimate of drug-likeness (QED) is 0.227. The molecule has 0 saturated carbocycles. The van der Waals surface area contributed by atoms with Gasteiger partial charge in [0.2, 0.25) is 0 Å². The number of rotatable bonds is 2. The summed E-state index contributed by atoms with van der Waals surface area (Å²) in [4.78, 5) is 4.82. The lowest BCUT2D eigenvalue weighted by Gasteiger charge is -2.39. The van der Waals surface area contributed by atoms with Crippen molar-refractivity contribution in [2.45, 2.75) is 31.5 Å². The minimum atomic E-state index is -0.720. The molecule has 1 spiro atoms. The van der Waals surface area contributed by atoms with Gasteiger partial charge in [-0.3, -0.25) is 0 Å². The van der Waals surface area contributed by atoms with Crippen LogP contribution >= 0.6 is 0 Å². The molecule has 0 N–H and O–H groups in total. The molecule has 0 saturated heterocycles. The third-order valence-electron chi connectivity index (χ3n) is 9.44. The van der Waals surface area contributed by atoms with Crippen LogP contribution in [0.25, 0.3) is 0 Å². The molecule has 5 aromatic carbocycles. The SMILES string of the molecule is CC1OC2(c3ccc(N4CCc5ccccc54)cc3Oc3cc(N4CCc5ccccc54)ccc32)c2ccccc21. The maximum atomic E-state index is 7.05. The average molecular weight is 535 g/mol. The van der Waals surface area contributed by atoms with Crippen LogP contribution in [0.2, 0.25) is 0 Å². The van der Waals surface area contributed by atoms with Crippen LogP contribution in [0.15, 0.2) is 109 Å². The standard InChI is InChI=1S/C37H30N2O2/c1-24-29-10-4-5-11-30(29)37(41-24)31-16-14-27(38-20-18-25-8-2-6-12-33(25)38)22-35(31)40-36-23-28(15-17-32(36)37)39-21-19-26-9-3-7-13-34(26)39/h2-17,22-24H,18-21H2,1H3. The molecular weight excluding hydrogens is 504 g/mol. The van der Waals surface area contributed by atoms with E-state index < -0.39 is 5.60 Å². The highest BCUT2D eigenvalue weighted by atomic mass is 16.5. The van der Waals surface area contributed by atoms with E-state index in [-0.39, 0.29) is 6.10 Å². The van der Waals surface area contributed by atoms with Crippen LogP contribution in [0.5, 0.6) is 11.5 Å². The molecule has 4 aliphatic rings. The summed E-state index contributed by atoms with van der Waals surface area (Å²) >= 11 is 0. The molecule has 200 valence electrons. The Bertz CT molecular complexity index is 1760. The molecule has 0 bridgehead atoms. The fourth-order valence-electron chi connectivity index (χ4n) is 7.57. The topological polar surface area (TPSA) is 24.9 Å². The summed E-state index contributed by atoms with van der Waals surface area (Å²) in [6.45, 7) is 4.09. The molecule has 4 heterocycles. The van der Waals surface area contributed by atoms with Crippen molar-refractivity contribution in [2.24, 2.45) is 0 Å². The van der Waals surface area contributed by atoms with E-state index in [1.807, 2.05) is 0 Å². The Balaban J connectivity index is 1.22. The van der Waals surface area contributed by atoms with E-state index >= 15 is 0 Å². The van der Waals surface area contributed by atoms with Crippen molar-refractivity contribution in [3.05, 3.63) is 143 Å². The van der Waals surface area contributed by atoms with Crippen molar-refractivity contribution in [3.8, 4) is 11.5 Å². The zero-order valence-electron chi connectivity index (χ0n) is 23.0. The summed E-state index contributed by atoms with van der Waals surface area (Å²) in [5, 5.41) is 0. The predicted molar refractivity (Wildman–Crippen MR) is 163 cm³/mol. The molecule has 4 heteroatoms. The fourth-order valence-corrected chi connectivity index (χ4v) is 7.57. The molecule has 1 atom stereocenters. The number of fused-ring (bicyclic) bond motifs is 8. The van der Waals surface area contributed by atoms with Gasteiger partial charge in [0.25, 0.3) is 0 Å². The summed E-state index contributed by atoms with van der Waals surface area (Å²) in [7, 11) is 0. The summed E-state index contributed by atoms with van der Waals surface area (Å²) in [6, 6.07) is 39.5. The van der Waals surface area contributed by atoms with E-state index in [4.69, 9.17) is 9.47 Å². The van der Waals surface area contributed by atoms with E-state index in [0.29, 0.717) is 0 Å². The minimum Gasteiger partial charge on any atom is -0.456 e. The second kappa shape index (κ2) is 8.48. The second-order valence-electron chi connectivity index (χ2n) is 11.6. The van der Waals surface area contributed by atoms with Crippen molar-refractivity contribution in [2.75, 3.05) is 22.9 Å². The largest absolute Gasteiger partial charge is 0.456 e. The maximum Gasteiger partial charge on any atom is 0.152 e. The molecule has 41 heavy (non-hydrogen) atoms. The Morgan fingerprint density at radius 1 is 0.610 bits per heavy atom. The van der Waals surface area contributed by atoms with Gasteiger partial charge in [-0.05, 0) is 78.4 Å². The number of benzene rings is 5. The van der Waals surface area contributed by atoms with Crippen LogP contribution in [0, 0.1) is 0 Å². The van der Waals surface area contributed by atoms with Gasteiger partial charge in [0, 0.05) is 59.1 Å². The monoisotopic (exact) mass is 534 g/mol. The molecule has 4 nitrogen and oxygen atoms in total. The first kappa shape index (κ1) is 23.2. The van der Waals surface area contributed by atoms with Gasteiger partial charge in [-0.2, -0.15) is 0 Å². The third kappa shape index (κ3) is 3.20. The van der Waals surface area contributed by atoms with E-state index in [1.165, 1.54) is 33.6 Å². The van der Waals surface area contributed by atoms with Crippen molar-refractivity contribution < 1.29 is 9.47 Å². The zero-order valence-corrected chi connectivity index (χ0v) is 23.0. The van der Waals surface area contributed by atoms with Gasteiger partial charge < -0.3 is 19.3 Å². The molecule has 5 aromatic rings. The minimum absolute atomic E-state index is 0.0275. The fraction of sp³-hybridized carbons (Fsp3) is 0.189. The van der Waals surface area contributed by atoms with E-state index in [2.05, 4.69) is 126 Å². The lowest BCUT2D eigenvalue weighted by Crippen LogP contribution is -2.33. The summed E-state index contributed by atoms with van der Waals surface area (Å²) in [5.74, 6) is 1.73. The first-order valence-corrected chi connectivity index (χ1v) is 14.7. The van der Waals surface area contributed by atoms with Crippen LogP contribution in [-0.4, -0.2) is 13.1 Å². The molecule has 9 rings (SSSR count). The average Bonchev–Trinajstić information content (AvgIpc) is 3.72. The van der Waals surface area contributed by atoms with E-state index in [1.54, 1.807) is 0 Å². The lowest BCUT2D eigenvalue weighted by atomic mass is 9.77. The molecule has 0 fully saturated rings. The van der Waals surface area contributed by atoms with Crippen LogP contribution < -0.4 is 14.5 Å². The van der Waals surface area contributed by atoms with Gasteiger partial charge in [0.1, 0.15) is 11.5 Å². The van der Waals surface area contributed by atoms with Crippen molar-refractivity contribution in [1.29, 1.82) is 0 Å². The smallest absolute Gasteiger partial charge is 0.152 e. The summed E-state index contributed by atoms with van der Waals surface area (Å²) in [6.07, 6.45) is 2.07. The highest BCUT2D eigenvalue weighted by Gasteiger charge is 2.51. The van der Waals surface area contributed by atoms with Gasteiger partial charge in [0.15, 0.2) is 5.60 Å². The molecule has 1 unspecified atom stereocenters. The van der Waals surface area contributed by atoms with Gasteiger partial charge in [-0.15, -0.1) is 0 Å².